The number of allylic oxidation sites excluding steroid dienone is 1. The first-order chi connectivity index (χ1) is 17.9. The van der Waals surface area contributed by atoms with Gasteiger partial charge >= 0.3 is 0 Å². The van der Waals surface area contributed by atoms with E-state index in [1.807, 2.05) is 55.5 Å². The Labute approximate surface area is 223 Å². The van der Waals surface area contributed by atoms with Crippen molar-refractivity contribution < 1.29 is 14.6 Å². The van der Waals surface area contributed by atoms with E-state index in [2.05, 4.69) is 23.6 Å². The van der Waals surface area contributed by atoms with E-state index in [0.717, 1.165) is 47.0 Å². The van der Waals surface area contributed by atoms with Crippen LogP contribution in [0.1, 0.15) is 50.0 Å². The van der Waals surface area contributed by atoms with Crippen molar-refractivity contribution in [2.75, 3.05) is 19.7 Å². The molecule has 0 amide bonds. The lowest BCUT2D eigenvalue weighted by atomic mass is 9.85. The van der Waals surface area contributed by atoms with Gasteiger partial charge in [0, 0.05) is 34.3 Å². The minimum absolute atomic E-state index is 0.0622. The Bertz CT molecular complexity index is 1380. The molecule has 1 unspecified atom stereocenters. The van der Waals surface area contributed by atoms with Gasteiger partial charge in [-0.15, -0.1) is 0 Å². The highest BCUT2D eigenvalue weighted by Crippen LogP contribution is 2.52. The number of fused-ring (bicyclic) bond motifs is 1. The summed E-state index contributed by atoms with van der Waals surface area (Å²) in [4.78, 5) is 6.08. The largest absolute Gasteiger partial charge is 0.519 e. The van der Waals surface area contributed by atoms with Crippen molar-refractivity contribution in [1.82, 2.24) is 4.90 Å². The molecule has 3 aromatic rings. The predicted molar refractivity (Wildman–Crippen MR) is 148 cm³/mol. The lowest BCUT2D eigenvalue weighted by Gasteiger charge is -2.32. The third-order valence-corrected chi connectivity index (χ3v) is 7.76. The van der Waals surface area contributed by atoms with Crippen LogP contribution in [0.3, 0.4) is 0 Å². The zero-order chi connectivity index (χ0) is 26.1. The summed E-state index contributed by atoms with van der Waals surface area (Å²) in [6, 6.07) is 19.2. The van der Waals surface area contributed by atoms with Gasteiger partial charge in [0.15, 0.2) is 0 Å². The number of ether oxygens (including phenoxy) is 2. The number of phenols is 1. The minimum Gasteiger partial charge on any atom is -0.519 e. The van der Waals surface area contributed by atoms with Crippen molar-refractivity contribution in [3.05, 3.63) is 93.8 Å². The average molecular weight is 515 g/mol. The third-order valence-electron chi connectivity index (χ3n) is 7.43. The Morgan fingerprint density at radius 1 is 1.16 bits per heavy atom. The van der Waals surface area contributed by atoms with Crippen LogP contribution >= 0.6 is 11.6 Å². The van der Waals surface area contributed by atoms with Crippen LogP contribution in [0.4, 0.5) is 5.69 Å². The summed E-state index contributed by atoms with van der Waals surface area (Å²) in [5, 5.41) is 10.9. The first kappa shape index (κ1) is 25.2. The smallest absolute Gasteiger partial charge is 0.238 e. The maximum Gasteiger partial charge on any atom is 0.238 e. The van der Waals surface area contributed by atoms with Gasteiger partial charge < -0.3 is 14.6 Å². The van der Waals surface area contributed by atoms with Gasteiger partial charge in [0.25, 0.3) is 0 Å². The summed E-state index contributed by atoms with van der Waals surface area (Å²) in [5.74, 6) is 2.07. The Balaban J connectivity index is 1.46. The number of benzene rings is 3. The second-order valence-corrected chi connectivity index (χ2v) is 10.5. The molecule has 2 heterocycles. The van der Waals surface area contributed by atoms with Crippen LogP contribution in [0.2, 0.25) is 5.02 Å². The highest BCUT2D eigenvalue weighted by Gasteiger charge is 2.32. The van der Waals surface area contributed by atoms with Crippen LogP contribution in [-0.2, 0) is 0 Å². The van der Waals surface area contributed by atoms with E-state index in [1.54, 1.807) is 6.07 Å². The number of nitrogens with zero attached hydrogens (tertiary/aromatic N) is 2. The van der Waals surface area contributed by atoms with E-state index >= 15 is 0 Å². The average Bonchev–Trinajstić information content (AvgIpc) is 3.34. The number of likely N-dealkylation sites (tertiary alicyclic amines) is 1. The summed E-state index contributed by atoms with van der Waals surface area (Å²) >= 11 is 6.64. The van der Waals surface area contributed by atoms with Crippen LogP contribution in [0.15, 0.2) is 60.7 Å². The molecule has 3 aromatic carbocycles. The number of phenolic OH excluding ortho intramolecular Hbond substituents is 1. The summed E-state index contributed by atoms with van der Waals surface area (Å²) in [6.45, 7) is 17.0. The molecule has 3 atom stereocenters. The van der Waals surface area contributed by atoms with E-state index in [9.17, 15) is 5.11 Å². The fraction of sp³-hybridized carbons (Fsp3) is 0.323. The molecule has 1 N–H and O–H groups in total. The molecule has 37 heavy (non-hydrogen) atoms. The molecule has 6 heteroatoms. The zero-order valence-corrected chi connectivity index (χ0v) is 22.1. The molecule has 0 spiro atoms. The number of hydrogen-bond donors (Lipinski definition) is 1. The number of hydrogen-bond acceptors (Lipinski definition) is 4. The van der Waals surface area contributed by atoms with Crippen LogP contribution in [0, 0.1) is 12.5 Å². The van der Waals surface area contributed by atoms with Crippen molar-refractivity contribution in [2.45, 2.75) is 39.3 Å². The van der Waals surface area contributed by atoms with Crippen LogP contribution in [0.5, 0.6) is 17.2 Å². The molecule has 5 nitrogen and oxygen atoms in total. The maximum absolute atomic E-state index is 10.3. The molecule has 1 fully saturated rings. The number of aromatic hydroxyl groups is 1. The van der Waals surface area contributed by atoms with Gasteiger partial charge in [0.1, 0.15) is 30.0 Å². The summed E-state index contributed by atoms with van der Waals surface area (Å²) in [5.41, 5.74) is 4.31. The predicted octanol–water partition coefficient (Wildman–Crippen LogP) is 7.77. The van der Waals surface area contributed by atoms with Gasteiger partial charge in [-0.25, -0.2) is 4.85 Å². The Morgan fingerprint density at radius 2 is 1.92 bits per heavy atom. The summed E-state index contributed by atoms with van der Waals surface area (Å²) in [7, 11) is 0. The van der Waals surface area contributed by atoms with Crippen molar-refractivity contribution in [2.24, 2.45) is 5.92 Å². The maximum atomic E-state index is 10.3. The molecule has 0 aliphatic carbocycles. The Kier molecular flexibility index (Phi) is 7.15. The number of rotatable bonds is 6. The second kappa shape index (κ2) is 10.5. The van der Waals surface area contributed by atoms with E-state index in [4.69, 9.17) is 27.6 Å². The topological polar surface area (TPSA) is 46.3 Å². The van der Waals surface area contributed by atoms with Crippen molar-refractivity contribution in [3.63, 3.8) is 0 Å². The lowest BCUT2D eigenvalue weighted by molar-refractivity contribution is 0.169. The van der Waals surface area contributed by atoms with E-state index < -0.39 is 6.10 Å². The van der Waals surface area contributed by atoms with Crippen LogP contribution in [-0.4, -0.2) is 35.7 Å². The molecular formula is C31H31ClN2O3. The molecular weight excluding hydrogens is 484 g/mol. The van der Waals surface area contributed by atoms with Crippen LogP contribution in [0.25, 0.3) is 16.0 Å². The normalized spacial score (nSPS) is 20.2. The van der Waals surface area contributed by atoms with Gasteiger partial charge in [0.05, 0.1) is 6.57 Å². The molecule has 0 bridgehead atoms. The van der Waals surface area contributed by atoms with E-state index in [1.165, 1.54) is 12.5 Å². The monoisotopic (exact) mass is 514 g/mol. The van der Waals surface area contributed by atoms with Crippen molar-refractivity contribution in [3.8, 4) is 17.2 Å². The van der Waals surface area contributed by atoms with Gasteiger partial charge in [-0.3, -0.25) is 4.90 Å². The Morgan fingerprint density at radius 3 is 2.59 bits per heavy atom. The molecule has 190 valence electrons. The fourth-order valence-corrected chi connectivity index (χ4v) is 5.58. The third kappa shape index (κ3) is 4.92. The zero-order valence-electron chi connectivity index (χ0n) is 21.4. The highest BCUT2D eigenvalue weighted by atomic mass is 35.5. The van der Waals surface area contributed by atoms with Gasteiger partial charge in [-0.1, -0.05) is 48.9 Å². The summed E-state index contributed by atoms with van der Waals surface area (Å²) < 4.78 is 12.6. The molecule has 0 radical (unpaired) electrons. The highest BCUT2D eigenvalue weighted by molar-refractivity contribution is 6.32. The second-order valence-electron chi connectivity index (χ2n) is 10.1. The molecule has 1 saturated heterocycles. The molecule has 2 aliphatic heterocycles. The van der Waals surface area contributed by atoms with Gasteiger partial charge in [-0.05, 0) is 74.2 Å². The van der Waals surface area contributed by atoms with Gasteiger partial charge in [-0.2, -0.15) is 0 Å². The minimum atomic E-state index is -0.436. The van der Waals surface area contributed by atoms with E-state index in [0.29, 0.717) is 29.0 Å². The lowest BCUT2D eigenvalue weighted by Crippen LogP contribution is -2.35. The molecule has 0 saturated carbocycles. The summed E-state index contributed by atoms with van der Waals surface area (Å²) in [6.07, 6.45) is 0.816. The quantitative estimate of drug-likeness (QED) is 0.341. The molecule has 2 aliphatic rings. The van der Waals surface area contributed by atoms with E-state index in [-0.39, 0.29) is 11.4 Å². The molecule has 0 aromatic heterocycles. The fourth-order valence-electron chi connectivity index (χ4n) is 5.34. The SMILES string of the molecule is [C-]#[N+]c1c(O)ccc2c1C(C)=C(c1ccccc1Cl)C(c1ccc(OC[C@H](C)N3CC[C@@H](C)C3)cc1)O2. The first-order valence-electron chi connectivity index (χ1n) is 12.7. The van der Waals surface area contributed by atoms with Crippen molar-refractivity contribution >= 4 is 28.4 Å². The number of halogens is 1. The standard InChI is InChI=1S/C31H31ClN2O3/c1-19-15-16-34(17-19)20(2)18-36-23-11-9-22(10-12-23)31-28(24-7-5-6-8-25(24)32)21(3)29-27(37-31)14-13-26(35)30(29)33-4/h5-14,19-20,31,35H,15-18H2,1-3H3/t19-,20+,31?/m1/s1. The van der Waals surface area contributed by atoms with Crippen LogP contribution < -0.4 is 9.47 Å². The first-order valence-corrected chi connectivity index (χ1v) is 13.1. The van der Waals surface area contributed by atoms with Crippen molar-refractivity contribution in [1.29, 1.82) is 0 Å². The van der Waals surface area contributed by atoms with Gasteiger partial charge in [0.2, 0.25) is 5.69 Å². The molecule has 5 rings (SSSR count). The Hall–Kier alpha value is -3.46.